The number of allylic oxidation sites excluding steroid dienone is 1. The van der Waals surface area contributed by atoms with E-state index in [1.165, 1.54) is 11.3 Å². The summed E-state index contributed by atoms with van der Waals surface area (Å²) in [6.07, 6.45) is 2.01. The molecule has 36 heavy (non-hydrogen) atoms. The minimum Gasteiger partial charge on any atom is -0.456 e. The summed E-state index contributed by atoms with van der Waals surface area (Å²) in [5.74, 6) is 1.51. The highest BCUT2D eigenvalue weighted by Gasteiger charge is 2.30. The molecule has 172 valence electrons. The number of ether oxygens (including phenoxy) is 1. The SMILES string of the molecule is O=c1/c(=C/C2=C(c3ccccc3)Oc3ccccc3[C@H]2c2ccccc2)sc2nc3ccccc3n12. The van der Waals surface area contributed by atoms with Gasteiger partial charge < -0.3 is 4.74 Å². The van der Waals surface area contributed by atoms with Gasteiger partial charge in [0.15, 0.2) is 4.96 Å². The van der Waals surface area contributed by atoms with E-state index in [4.69, 9.17) is 9.72 Å². The second kappa shape index (κ2) is 8.33. The Kier molecular flexibility index (Phi) is 4.82. The highest BCUT2D eigenvalue weighted by atomic mass is 32.1. The monoisotopic (exact) mass is 484 g/mol. The molecule has 0 N–H and O–H groups in total. The molecule has 5 heteroatoms. The predicted molar refractivity (Wildman–Crippen MR) is 145 cm³/mol. The second-order valence-electron chi connectivity index (χ2n) is 8.77. The largest absolute Gasteiger partial charge is 0.456 e. The molecule has 0 spiro atoms. The molecule has 1 aliphatic rings. The van der Waals surface area contributed by atoms with Crippen LogP contribution in [0.1, 0.15) is 22.6 Å². The zero-order chi connectivity index (χ0) is 24.1. The van der Waals surface area contributed by atoms with Crippen molar-refractivity contribution in [2.75, 3.05) is 0 Å². The number of para-hydroxylation sites is 3. The molecule has 0 saturated carbocycles. The van der Waals surface area contributed by atoms with E-state index in [-0.39, 0.29) is 11.5 Å². The molecule has 4 nitrogen and oxygen atoms in total. The van der Waals surface area contributed by atoms with E-state index in [9.17, 15) is 4.79 Å². The first-order valence-electron chi connectivity index (χ1n) is 11.8. The lowest BCUT2D eigenvalue weighted by Gasteiger charge is -2.30. The van der Waals surface area contributed by atoms with Gasteiger partial charge in [0.2, 0.25) is 0 Å². The maximum absolute atomic E-state index is 13.6. The minimum atomic E-state index is -0.0862. The summed E-state index contributed by atoms with van der Waals surface area (Å²) in [4.78, 5) is 19.0. The van der Waals surface area contributed by atoms with Gasteiger partial charge in [-0.05, 0) is 29.8 Å². The summed E-state index contributed by atoms with van der Waals surface area (Å²) in [5.41, 5.74) is 5.75. The molecule has 2 aromatic heterocycles. The van der Waals surface area contributed by atoms with Crippen molar-refractivity contribution in [3.8, 4) is 5.75 Å². The molecule has 7 rings (SSSR count). The van der Waals surface area contributed by atoms with Crippen LogP contribution in [0.4, 0.5) is 0 Å². The zero-order valence-electron chi connectivity index (χ0n) is 19.2. The molecule has 1 aliphatic heterocycles. The Morgan fingerprint density at radius 2 is 1.50 bits per heavy atom. The van der Waals surface area contributed by atoms with E-state index in [0.717, 1.165) is 44.8 Å². The summed E-state index contributed by atoms with van der Waals surface area (Å²) in [6.45, 7) is 0. The highest BCUT2D eigenvalue weighted by Crippen LogP contribution is 2.46. The van der Waals surface area contributed by atoms with Crippen LogP contribution in [-0.4, -0.2) is 9.38 Å². The van der Waals surface area contributed by atoms with Crippen LogP contribution < -0.4 is 14.8 Å². The molecule has 0 saturated heterocycles. The quantitative estimate of drug-likeness (QED) is 0.307. The third kappa shape index (κ3) is 3.28. The Balaban J connectivity index is 1.55. The normalized spacial score (nSPS) is 15.9. The number of rotatable bonds is 3. The van der Waals surface area contributed by atoms with Gasteiger partial charge in [-0.3, -0.25) is 4.79 Å². The summed E-state index contributed by atoms with van der Waals surface area (Å²) in [7, 11) is 0. The van der Waals surface area contributed by atoms with E-state index in [2.05, 4.69) is 30.3 Å². The van der Waals surface area contributed by atoms with Gasteiger partial charge >= 0.3 is 0 Å². The smallest absolute Gasteiger partial charge is 0.274 e. The van der Waals surface area contributed by atoms with E-state index in [1.807, 2.05) is 84.9 Å². The average Bonchev–Trinajstić information content (AvgIpc) is 3.45. The maximum Gasteiger partial charge on any atom is 0.274 e. The number of thiazole rings is 1. The Bertz CT molecular complexity index is 1890. The van der Waals surface area contributed by atoms with Crippen LogP contribution in [0.3, 0.4) is 0 Å². The van der Waals surface area contributed by atoms with Crippen LogP contribution in [0.15, 0.2) is 120 Å². The zero-order valence-corrected chi connectivity index (χ0v) is 20.0. The Morgan fingerprint density at radius 3 is 2.33 bits per heavy atom. The van der Waals surface area contributed by atoms with Crippen LogP contribution >= 0.6 is 11.3 Å². The first-order valence-corrected chi connectivity index (χ1v) is 12.6. The van der Waals surface area contributed by atoms with Gasteiger partial charge in [-0.25, -0.2) is 9.38 Å². The summed E-state index contributed by atoms with van der Waals surface area (Å²) in [6, 6.07) is 36.4. The maximum atomic E-state index is 13.6. The van der Waals surface area contributed by atoms with E-state index >= 15 is 0 Å². The molecule has 4 aromatic carbocycles. The molecule has 0 aliphatic carbocycles. The molecule has 0 radical (unpaired) electrons. The van der Waals surface area contributed by atoms with Gasteiger partial charge in [0.1, 0.15) is 11.5 Å². The first kappa shape index (κ1) is 20.9. The van der Waals surface area contributed by atoms with Crippen LogP contribution in [0.2, 0.25) is 0 Å². The molecule has 1 atom stereocenters. The molecule has 6 aromatic rings. The van der Waals surface area contributed by atoms with Crippen molar-refractivity contribution >= 4 is 39.2 Å². The van der Waals surface area contributed by atoms with Crippen LogP contribution in [0.25, 0.3) is 27.8 Å². The van der Waals surface area contributed by atoms with E-state index in [1.54, 1.807) is 4.40 Å². The fourth-order valence-electron chi connectivity index (χ4n) is 5.00. The first-order chi connectivity index (χ1) is 17.8. The molecule has 0 fully saturated rings. The van der Waals surface area contributed by atoms with Crippen LogP contribution in [0.5, 0.6) is 5.75 Å². The number of hydrogen-bond acceptors (Lipinski definition) is 4. The summed E-state index contributed by atoms with van der Waals surface area (Å²) in [5, 5.41) is 0. The number of benzene rings is 4. The molecular formula is C31H20N2O2S. The second-order valence-corrected chi connectivity index (χ2v) is 9.78. The van der Waals surface area contributed by atoms with Crippen molar-refractivity contribution in [1.29, 1.82) is 0 Å². The number of nitrogens with zero attached hydrogens (tertiary/aromatic N) is 2. The standard InChI is InChI=1S/C31H20N2O2S/c34-30-27(36-31-32-24-16-8-9-17-25(24)33(30)31)19-23-28(20-11-3-1-4-12-20)22-15-7-10-18-26(22)35-29(23)21-13-5-2-6-14-21/h1-19,28H/b27-19-/t28-/m1/s1. The van der Waals surface area contributed by atoms with Crippen molar-refractivity contribution < 1.29 is 4.74 Å². The lowest BCUT2D eigenvalue weighted by atomic mass is 9.81. The number of fused-ring (bicyclic) bond motifs is 4. The molecular weight excluding hydrogens is 464 g/mol. The molecule has 0 bridgehead atoms. The summed E-state index contributed by atoms with van der Waals surface area (Å²) < 4.78 is 8.90. The molecule has 0 amide bonds. The molecule has 3 heterocycles. The van der Waals surface area contributed by atoms with E-state index < -0.39 is 0 Å². The van der Waals surface area contributed by atoms with Crippen molar-refractivity contribution in [3.63, 3.8) is 0 Å². The van der Waals surface area contributed by atoms with Gasteiger partial charge in [-0.15, -0.1) is 0 Å². The minimum absolute atomic E-state index is 0.0609. The Labute approximate surface area is 211 Å². The van der Waals surface area contributed by atoms with Crippen molar-refractivity contribution in [2.45, 2.75) is 5.92 Å². The number of imidazole rings is 1. The van der Waals surface area contributed by atoms with Crippen molar-refractivity contribution in [2.24, 2.45) is 0 Å². The Hall–Kier alpha value is -4.48. The third-order valence-electron chi connectivity index (χ3n) is 6.62. The van der Waals surface area contributed by atoms with Gasteiger partial charge in [0.05, 0.1) is 15.6 Å². The van der Waals surface area contributed by atoms with Gasteiger partial charge in [0.25, 0.3) is 5.56 Å². The fraction of sp³-hybridized carbons (Fsp3) is 0.0323. The average molecular weight is 485 g/mol. The fourth-order valence-corrected chi connectivity index (χ4v) is 5.98. The van der Waals surface area contributed by atoms with Crippen molar-refractivity contribution in [3.05, 3.63) is 146 Å². The highest BCUT2D eigenvalue weighted by molar-refractivity contribution is 7.15. The van der Waals surface area contributed by atoms with Crippen LogP contribution in [-0.2, 0) is 0 Å². The van der Waals surface area contributed by atoms with Gasteiger partial charge in [-0.1, -0.05) is 102 Å². The number of hydrogen-bond donors (Lipinski definition) is 0. The lowest BCUT2D eigenvalue weighted by molar-refractivity contribution is 0.488. The van der Waals surface area contributed by atoms with Gasteiger partial charge in [0, 0.05) is 22.6 Å². The van der Waals surface area contributed by atoms with Crippen molar-refractivity contribution in [1.82, 2.24) is 9.38 Å². The van der Waals surface area contributed by atoms with Gasteiger partial charge in [-0.2, -0.15) is 0 Å². The summed E-state index contributed by atoms with van der Waals surface area (Å²) >= 11 is 1.41. The third-order valence-corrected chi connectivity index (χ3v) is 7.58. The van der Waals surface area contributed by atoms with E-state index in [0.29, 0.717) is 9.49 Å². The lowest BCUT2D eigenvalue weighted by Crippen LogP contribution is -2.24. The topological polar surface area (TPSA) is 43.6 Å². The molecule has 0 unspecified atom stereocenters. The number of aromatic nitrogens is 2. The predicted octanol–water partition coefficient (Wildman–Crippen LogP) is 6.04. The Morgan fingerprint density at radius 1 is 0.806 bits per heavy atom. The van der Waals surface area contributed by atoms with Crippen LogP contribution in [0, 0.1) is 0 Å².